The van der Waals surface area contributed by atoms with Crippen molar-refractivity contribution in [3.05, 3.63) is 76.9 Å². The van der Waals surface area contributed by atoms with Crippen molar-refractivity contribution in [2.24, 2.45) is 5.73 Å². The van der Waals surface area contributed by atoms with Crippen molar-refractivity contribution in [1.82, 2.24) is 19.8 Å². The molecule has 1 aliphatic carbocycles. The predicted octanol–water partition coefficient (Wildman–Crippen LogP) is 3.91. The molecule has 2 amide bonds. The molecule has 0 saturated heterocycles. The van der Waals surface area contributed by atoms with Crippen molar-refractivity contribution in [2.75, 3.05) is 6.79 Å². The molecule has 3 heterocycles. The molecule has 1 atom stereocenters. The Balaban J connectivity index is 1.27. The lowest BCUT2D eigenvalue weighted by molar-refractivity contribution is -0.127. The third-order valence-electron chi connectivity index (χ3n) is 8.59. The molecule has 216 valence electrons. The van der Waals surface area contributed by atoms with E-state index in [9.17, 15) is 9.59 Å². The molecule has 6 rings (SSSR count). The molecule has 0 bridgehead atoms. The fourth-order valence-corrected chi connectivity index (χ4v) is 6.01. The first-order valence-electron chi connectivity index (χ1n) is 14.5. The van der Waals surface area contributed by atoms with Crippen molar-refractivity contribution in [3.8, 4) is 11.5 Å². The normalized spacial score (nSPS) is 21.9. The smallest absolute Gasteiger partial charge is 0.255 e. The molecule has 1 unspecified atom stereocenters. The number of ether oxygens (including phenoxy) is 2. The summed E-state index contributed by atoms with van der Waals surface area (Å²) in [6.07, 6.45) is 5.67. The van der Waals surface area contributed by atoms with Crippen LogP contribution in [0.2, 0.25) is 0 Å². The van der Waals surface area contributed by atoms with Gasteiger partial charge >= 0.3 is 0 Å². The van der Waals surface area contributed by atoms with Gasteiger partial charge in [-0.25, -0.2) is 4.98 Å². The van der Waals surface area contributed by atoms with Gasteiger partial charge in [-0.2, -0.15) is 0 Å². The van der Waals surface area contributed by atoms with Crippen molar-refractivity contribution < 1.29 is 19.1 Å². The third kappa shape index (κ3) is 5.68. The second-order valence-corrected chi connectivity index (χ2v) is 12.6. The number of fused-ring (bicyclic) bond motifs is 2. The fourth-order valence-electron chi connectivity index (χ4n) is 6.01. The molecule has 2 aromatic carbocycles. The van der Waals surface area contributed by atoms with Gasteiger partial charge in [0.2, 0.25) is 12.7 Å². The fraction of sp³-hybridized carbons (Fsp3) is 0.469. The summed E-state index contributed by atoms with van der Waals surface area (Å²) in [6, 6.07) is 13.4. The van der Waals surface area contributed by atoms with Crippen LogP contribution >= 0.6 is 0 Å². The number of aromatic nitrogens is 2. The maximum absolute atomic E-state index is 14.0. The van der Waals surface area contributed by atoms with Gasteiger partial charge in [0.15, 0.2) is 11.5 Å². The van der Waals surface area contributed by atoms with Gasteiger partial charge in [-0.1, -0.05) is 45.0 Å². The van der Waals surface area contributed by atoms with Gasteiger partial charge < -0.3 is 30.0 Å². The van der Waals surface area contributed by atoms with E-state index in [1.54, 1.807) is 23.1 Å². The highest BCUT2D eigenvalue weighted by Gasteiger charge is 2.38. The molecule has 9 heteroatoms. The van der Waals surface area contributed by atoms with Crippen LogP contribution in [0.5, 0.6) is 11.5 Å². The number of rotatable bonds is 5. The number of benzene rings is 2. The third-order valence-corrected chi connectivity index (χ3v) is 8.59. The molecule has 2 aliphatic heterocycles. The number of amides is 2. The quantitative estimate of drug-likeness (QED) is 0.492. The van der Waals surface area contributed by atoms with Gasteiger partial charge in [-0.3, -0.25) is 9.59 Å². The summed E-state index contributed by atoms with van der Waals surface area (Å²) in [7, 11) is 0. The van der Waals surface area contributed by atoms with Crippen LogP contribution in [0.3, 0.4) is 0 Å². The van der Waals surface area contributed by atoms with Crippen LogP contribution in [0, 0.1) is 0 Å². The SMILES string of the molecule is CC(C)(C)c1ccc(Cn2cnc3c2CN(C(=O)c2ccc4c(c2)OCO4)C(C(=O)NC2CCC(N)CC2)C3)cc1. The minimum Gasteiger partial charge on any atom is -0.454 e. The van der Waals surface area contributed by atoms with Crippen LogP contribution in [-0.4, -0.2) is 51.2 Å². The van der Waals surface area contributed by atoms with E-state index in [-0.39, 0.29) is 42.7 Å². The molecule has 3 aliphatic rings. The summed E-state index contributed by atoms with van der Waals surface area (Å²) in [4.78, 5) is 34.1. The molecule has 1 saturated carbocycles. The average Bonchev–Trinajstić information content (AvgIpc) is 3.59. The maximum atomic E-state index is 14.0. The first kappa shape index (κ1) is 27.3. The molecule has 1 fully saturated rings. The Bertz CT molecular complexity index is 1430. The molecule has 41 heavy (non-hydrogen) atoms. The number of hydrogen-bond acceptors (Lipinski definition) is 6. The van der Waals surface area contributed by atoms with E-state index in [2.05, 4.69) is 54.9 Å². The minimum absolute atomic E-state index is 0.0693. The zero-order chi connectivity index (χ0) is 28.7. The number of nitrogens with two attached hydrogens (primary N) is 1. The van der Waals surface area contributed by atoms with Gasteiger partial charge in [0, 0.05) is 30.6 Å². The molecule has 9 nitrogen and oxygen atoms in total. The lowest BCUT2D eigenvalue weighted by atomic mass is 9.87. The van der Waals surface area contributed by atoms with Crippen molar-refractivity contribution in [3.63, 3.8) is 0 Å². The molecule has 0 spiro atoms. The molecular formula is C32H39N5O4. The summed E-state index contributed by atoms with van der Waals surface area (Å²) in [5.74, 6) is 0.791. The number of imidazole rings is 1. The summed E-state index contributed by atoms with van der Waals surface area (Å²) >= 11 is 0. The summed E-state index contributed by atoms with van der Waals surface area (Å²) in [5, 5.41) is 3.21. The average molecular weight is 558 g/mol. The zero-order valence-electron chi connectivity index (χ0n) is 24.1. The van der Waals surface area contributed by atoms with Crippen molar-refractivity contribution in [1.29, 1.82) is 0 Å². The van der Waals surface area contributed by atoms with Crippen LogP contribution in [0.25, 0.3) is 0 Å². The summed E-state index contributed by atoms with van der Waals surface area (Å²) < 4.78 is 13.0. The minimum atomic E-state index is -0.662. The van der Waals surface area contributed by atoms with Gasteiger partial charge in [0.1, 0.15) is 6.04 Å². The van der Waals surface area contributed by atoms with Crippen LogP contribution in [0.15, 0.2) is 48.8 Å². The van der Waals surface area contributed by atoms with Gasteiger partial charge in [-0.05, 0) is 60.4 Å². The molecule has 3 N–H and O–H groups in total. The topological polar surface area (TPSA) is 112 Å². The Kier molecular flexibility index (Phi) is 7.23. The van der Waals surface area contributed by atoms with E-state index < -0.39 is 6.04 Å². The first-order chi connectivity index (χ1) is 19.7. The Morgan fingerprint density at radius 1 is 1.02 bits per heavy atom. The van der Waals surface area contributed by atoms with Crippen LogP contribution < -0.4 is 20.5 Å². The molecule has 1 aromatic heterocycles. The van der Waals surface area contributed by atoms with E-state index >= 15 is 0 Å². The highest BCUT2D eigenvalue weighted by molar-refractivity contribution is 5.98. The molecule has 0 radical (unpaired) electrons. The van der Waals surface area contributed by atoms with Gasteiger partial charge in [0.25, 0.3) is 5.91 Å². The lowest BCUT2D eigenvalue weighted by Gasteiger charge is -2.36. The maximum Gasteiger partial charge on any atom is 0.255 e. The first-order valence-corrected chi connectivity index (χ1v) is 14.5. The second kappa shape index (κ2) is 10.9. The number of nitrogens with zero attached hydrogens (tertiary/aromatic N) is 3. The number of carbonyl (C=O) groups is 2. The summed E-state index contributed by atoms with van der Waals surface area (Å²) in [6.45, 7) is 7.67. The Hall–Kier alpha value is -3.85. The van der Waals surface area contributed by atoms with E-state index in [0.29, 0.717) is 30.0 Å². The van der Waals surface area contributed by atoms with Crippen LogP contribution in [0.1, 0.15) is 79.3 Å². The zero-order valence-corrected chi connectivity index (χ0v) is 24.1. The highest BCUT2D eigenvalue weighted by Crippen LogP contribution is 2.34. The van der Waals surface area contributed by atoms with E-state index in [1.807, 2.05) is 6.33 Å². The van der Waals surface area contributed by atoms with Crippen molar-refractivity contribution >= 4 is 11.8 Å². The van der Waals surface area contributed by atoms with Gasteiger partial charge in [0.05, 0.1) is 24.3 Å². The highest BCUT2D eigenvalue weighted by atomic mass is 16.7. The standard InChI is InChI=1S/C32H39N5O4/c1-32(2,3)22-7-4-20(5-8-22)16-36-18-34-25-15-26(30(38)35-24-11-9-23(33)10-12-24)37(17-27(25)36)31(39)21-6-13-28-29(14-21)41-19-40-28/h4-8,13-14,18,23-24,26H,9-12,15-17,19,33H2,1-3H3,(H,35,38). The van der Waals surface area contributed by atoms with E-state index in [4.69, 9.17) is 20.2 Å². The number of nitrogens with one attached hydrogen (secondary N) is 1. The number of hydrogen-bond donors (Lipinski definition) is 2. The Morgan fingerprint density at radius 3 is 2.49 bits per heavy atom. The monoisotopic (exact) mass is 557 g/mol. The van der Waals surface area contributed by atoms with E-state index in [0.717, 1.165) is 42.6 Å². The van der Waals surface area contributed by atoms with Crippen LogP contribution in [0.4, 0.5) is 0 Å². The number of carbonyl (C=O) groups excluding carboxylic acids is 2. The van der Waals surface area contributed by atoms with Gasteiger partial charge in [-0.15, -0.1) is 0 Å². The summed E-state index contributed by atoms with van der Waals surface area (Å²) in [5.41, 5.74) is 10.9. The second-order valence-electron chi connectivity index (χ2n) is 12.6. The molecule has 3 aromatic rings. The Morgan fingerprint density at radius 2 is 1.76 bits per heavy atom. The van der Waals surface area contributed by atoms with E-state index in [1.165, 1.54) is 5.56 Å². The van der Waals surface area contributed by atoms with Crippen molar-refractivity contribution in [2.45, 2.75) is 89.5 Å². The lowest BCUT2D eigenvalue weighted by Crippen LogP contribution is -2.55. The predicted molar refractivity (Wildman–Crippen MR) is 155 cm³/mol. The molecular weight excluding hydrogens is 518 g/mol. The Labute approximate surface area is 241 Å². The largest absolute Gasteiger partial charge is 0.454 e. The van der Waals surface area contributed by atoms with Crippen LogP contribution in [-0.2, 0) is 29.7 Å².